The van der Waals surface area contributed by atoms with Gasteiger partial charge in [0, 0.05) is 25.7 Å². The second-order valence-electron chi connectivity index (χ2n) is 7.49. The Morgan fingerprint density at radius 2 is 2.00 bits per heavy atom. The molecular formula is C20H20FN7O. The monoisotopic (exact) mass is 393 g/mol. The number of nitrogens with zero attached hydrogens (tertiary/aromatic N) is 7. The summed E-state index contributed by atoms with van der Waals surface area (Å²) in [6.45, 7) is 4.16. The van der Waals surface area contributed by atoms with Crippen LogP contribution >= 0.6 is 0 Å². The van der Waals surface area contributed by atoms with Gasteiger partial charge >= 0.3 is 0 Å². The van der Waals surface area contributed by atoms with Crippen molar-refractivity contribution in [3.63, 3.8) is 0 Å². The number of aromatic nitrogens is 6. The third-order valence-electron chi connectivity index (χ3n) is 5.64. The molecule has 0 bridgehead atoms. The van der Waals surface area contributed by atoms with Crippen molar-refractivity contribution in [1.29, 1.82) is 0 Å². The first-order valence-corrected chi connectivity index (χ1v) is 9.67. The minimum Gasteiger partial charge on any atom is -0.355 e. The van der Waals surface area contributed by atoms with Crippen LogP contribution in [0.5, 0.6) is 0 Å². The van der Waals surface area contributed by atoms with Crippen LogP contribution in [0, 0.1) is 18.7 Å². The van der Waals surface area contributed by atoms with Crippen LogP contribution in [0.3, 0.4) is 0 Å². The van der Waals surface area contributed by atoms with Crippen molar-refractivity contribution in [2.75, 3.05) is 18.0 Å². The number of hydrogen-bond donors (Lipinski definition) is 0. The summed E-state index contributed by atoms with van der Waals surface area (Å²) in [6.07, 6.45) is 3.50. The molecule has 0 atom stereocenters. The number of halogens is 1. The first kappa shape index (κ1) is 17.7. The molecule has 0 saturated carbocycles. The molecule has 9 heteroatoms. The van der Waals surface area contributed by atoms with Gasteiger partial charge in [0.1, 0.15) is 23.8 Å². The summed E-state index contributed by atoms with van der Waals surface area (Å²) >= 11 is 0. The second kappa shape index (κ2) is 6.91. The van der Waals surface area contributed by atoms with Crippen LogP contribution in [0.15, 0.2) is 41.5 Å². The van der Waals surface area contributed by atoms with E-state index in [4.69, 9.17) is 0 Å². The van der Waals surface area contributed by atoms with E-state index in [1.54, 1.807) is 22.3 Å². The molecule has 1 fully saturated rings. The van der Waals surface area contributed by atoms with Gasteiger partial charge in [-0.15, -0.1) is 15.3 Å². The largest absolute Gasteiger partial charge is 0.355 e. The smallest absolute Gasteiger partial charge is 0.261 e. The molecule has 0 aliphatic carbocycles. The van der Waals surface area contributed by atoms with E-state index in [1.807, 2.05) is 12.1 Å². The molecule has 1 aliphatic rings. The summed E-state index contributed by atoms with van der Waals surface area (Å²) in [6, 6.07) is 8.01. The Labute approximate surface area is 165 Å². The van der Waals surface area contributed by atoms with Crippen LogP contribution < -0.4 is 10.5 Å². The van der Waals surface area contributed by atoms with Gasteiger partial charge in [0.05, 0.1) is 10.9 Å². The van der Waals surface area contributed by atoms with Crippen molar-refractivity contribution in [1.82, 2.24) is 29.4 Å². The van der Waals surface area contributed by atoms with Crippen molar-refractivity contribution in [3.05, 3.63) is 58.7 Å². The lowest BCUT2D eigenvalue weighted by atomic mass is 9.96. The summed E-state index contributed by atoms with van der Waals surface area (Å²) in [5.41, 5.74) is 1.03. The predicted octanol–water partition coefficient (Wildman–Crippen LogP) is 2.20. The van der Waals surface area contributed by atoms with E-state index in [-0.39, 0.29) is 11.4 Å². The normalized spacial score (nSPS) is 15.4. The fraction of sp³-hybridized carbons (Fsp3) is 0.350. The quantitative estimate of drug-likeness (QED) is 0.531. The average Bonchev–Trinajstić information content (AvgIpc) is 3.19. The van der Waals surface area contributed by atoms with Gasteiger partial charge in [-0.3, -0.25) is 9.36 Å². The van der Waals surface area contributed by atoms with E-state index in [1.165, 1.54) is 18.2 Å². The Bertz CT molecular complexity index is 1260. The minimum atomic E-state index is -0.382. The van der Waals surface area contributed by atoms with Gasteiger partial charge in [-0.25, -0.2) is 9.37 Å². The number of benzene rings is 1. The third kappa shape index (κ3) is 3.22. The summed E-state index contributed by atoms with van der Waals surface area (Å²) < 4.78 is 16.8. The molecule has 1 aromatic carbocycles. The Morgan fingerprint density at radius 1 is 1.17 bits per heavy atom. The molecule has 1 aliphatic heterocycles. The van der Waals surface area contributed by atoms with Gasteiger partial charge in [-0.2, -0.15) is 4.52 Å². The Morgan fingerprint density at radius 3 is 2.83 bits per heavy atom. The van der Waals surface area contributed by atoms with E-state index in [2.05, 4.69) is 25.2 Å². The fourth-order valence-electron chi connectivity index (χ4n) is 4.01. The van der Waals surface area contributed by atoms with Gasteiger partial charge in [-0.05, 0) is 49.9 Å². The van der Waals surface area contributed by atoms with Crippen molar-refractivity contribution in [2.45, 2.75) is 26.3 Å². The first-order chi connectivity index (χ1) is 14.1. The van der Waals surface area contributed by atoms with Gasteiger partial charge < -0.3 is 4.90 Å². The molecule has 0 radical (unpaired) electrons. The van der Waals surface area contributed by atoms with E-state index in [0.717, 1.165) is 37.4 Å². The minimum absolute atomic E-state index is 0.102. The molecule has 1 saturated heterocycles. The van der Waals surface area contributed by atoms with Gasteiger partial charge in [0.15, 0.2) is 5.65 Å². The lowest BCUT2D eigenvalue weighted by Gasteiger charge is -2.33. The van der Waals surface area contributed by atoms with E-state index >= 15 is 0 Å². The molecule has 0 unspecified atom stereocenters. The van der Waals surface area contributed by atoms with Gasteiger partial charge in [0.25, 0.3) is 5.56 Å². The lowest BCUT2D eigenvalue weighted by Crippen LogP contribution is -2.37. The molecule has 148 valence electrons. The van der Waals surface area contributed by atoms with Crippen molar-refractivity contribution in [2.24, 2.45) is 5.92 Å². The van der Waals surface area contributed by atoms with Gasteiger partial charge in [-0.1, -0.05) is 0 Å². The zero-order valence-electron chi connectivity index (χ0n) is 16.0. The molecule has 5 rings (SSSR count). The third-order valence-corrected chi connectivity index (χ3v) is 5.64. The number of anilines is 1. The highest BCUT2D eigenvalue weighted by Gasteiger charge is 2.22. The van der Waals surface area contributed by atoms with Crippen LogP contribution in [0.2, 0.25) is 0 Å². The van der Waals surface area contributed by atoms with Crippen LogP contribution in [-0.4, -0.2) is 42.5 Å². The second-order valence-corrected chi connectivity index (χ2v) is 7.49. The van der Waals surface area contributed by atoms with E-state index < -0.39 is 0 Å². The maximum Gasteiger partial charge on any atom is 0.261 e. The predicted molar refractivity (Wildman–Crippen MR) is 106 cm³/mol. The molecule has 0 spiro atoms. The summed E-state index contributed by atoms with van der Waals surface area (Å²) in [4.78, 5) is 19.6. The number of piperidine rings is 1. The van der Waals surface area contributed by atoms with Crippen molar-refractivity contribution >= 4 is 22.4 Å². The topological polar surface area (TPSA) is 81.2 Å². The number of hydrogen-bond acceptors (Lipinski definition) is 6. The number of rotatable bonds is 3. The summed E-state index contributed by atoms with van der Waals surface area (Å²) in [7, 11) is 0. The Hall–Kier alpha value is -3.36. The summed E-state index contributed by atoms with van der Waals surface area (Å²) in [5, 5.41) is 12.9. The molecule has 0 N–H and O–H groups in total. The highest BCUT2D eigenvalue weighted by atomic mass is 19.1. The molecule has 29 heavy (non-hydrogen) atoms. The molecule has 4 aromatic rings. The fourth-order valence-corrected chi connectivity index (χ4v) is 4.01. The molecular weight excluding hydrogens is 373 g/mol. The first-order valence-electron chi connectivity index (χ1n) is 9.67. The molecule has 3 aromatic heterocycles. The van der Waals surface area contributed by atoms with Crippen LogP contribution in [0.25, 0.3) is 16.6 Å². The maximum absolute atomic E-state index is 13.5. The Balaban J connectivity index is 1.33. The SMILES string of the molecule is Cc1nc2cc(F)ccc2c(=O)n1CC1CCN(c2ccc3nncn3n2)CC1. The van der Waals surface area contributed by atoms with Crippen LogP contribution in [-0.2, 0) is 6.54 Å². The average molecular weight is 393 g/mol. The van der Waals surface area contributed by atoms with Crippen molar-refractivity contribution in [3.8, 4) is 0 Å². The lowest BCUT2D eigenvalue weighted by molar-refractivity contribution is 0.347. The molecule has 8 nitrogen and oxygen atoms in total. The highest BCUT2D eigenvalue weighted by molar-refractivity contribution is 5.77. The molecule has 0 amide bonds. The van der Waals surface area contributed by atoms with Crippen LogP contribution in [0.4, 0.5) is 10.2 Å². The van der Waals surface area contributed by atoms with Gasteiger partial charge in [0.2, 0.25) is 0 Å². The van der Waals surface area contributed by atoms with Crippen LogP contribution in [0.1, 0.15) is 18.7 Å². The zero-order chi connectivity index (χ0) is 20.0. The maximum atomic E-state index is 13.5. The van der Waals surface area contributed by atoms with E-state index in [9.17, 15) is 9.18 Å². The number of fused-ring (bicyclic) bond motifs is 2. The highest BCUT2D eigenvalue weighted by Crippen LogP contribution is 2.23. The standard InChI is InChI=1S/C20H20FN7O/c1-13-23-17-10-15(21)2-3-16(17)20(29)27(13)11-14-6-8-26(9-7-14)19-5-4-18-24-22-12-28(18)25-19/h2-5,10,12,14H,6-9,11H2,1H3. The molecule has 4 heterocycles. The van der Waals surface area contributed by atoms with E-state index in [0.29, 0.717) is 29.2 Å². The Kier molecular flexibility index (Phi) is 4.22. The zero-order valence-corrected chi connectivity index (χ0v) is 16.0. The summed E-state index contributed by atoms with van der Waals surface area (Å²) in [5.74, 6) is 1.52. The van der Waals surface area contributed by atoms with Crippen molar-refractivity contribution < 1.29 is 4.39 Å². The number of aryl methyl sites for hydroxylation is 1.